The molecule has 32 heavy (non-hydrogen) atoms. The van der Waals surface area contributed by atoms with Gasteiger partial charge in [0.25, 0.3) is 0 Å². The highest BCUT2D eigenvalue weighted by Gasteiger charge is 2.27. The maximum absolute atomic E-state index is 11.5. The van der Waals surface area contributed by atoms with E-state index in [9.17, 15) is 10.1 Å². The Balaban J connectivity index is 1.64. The average Bonchev–Trinajstić information content (AvgIpc) is 3.32. The van der Waals surface area contributed by atoms with Crippen LogP contribution in [0.3, 0.4) is 0 Å². The topological polar surface area (TPSA) is 132 Å². The number of piperidine rings is 1. The highest BCUT2D eigenvalue weighted by Crippen LogP contribution is 2.26. The van der Waals surface area contributed by atoms with Crippen LogP contribution in [0.5, 0.6) is 0 Å². The molecule has 1 aliphatic rings. The molecule has 168 valence electrons. The highest BCUT2D eigenvalue weighted by atomic mass is 16.1. The number of carbonyl (C=O) groups excluding carboxylic acids is 1. The van der Waals surface area contributed by atoms with Crippen molar-refractivity contribution >= 4 is 22.9 Å². The normalized spacial score (nSPS) is 16.9. The first-order valence-electron chi connectivity index (χ1n) is 10.9. The van der Waals surface area contributed by atoms with Crippen LogP contribution in [-0.2, 0) is 17.9 Å². The Morgan fingerprint density at radius 1 is 1.31 bits per heavy atom. The summed E-state index contributed by atoms with van der Waals surface area (Å²) in [5.41, 5.74) is 7.23. The summed E-state index contributed by atoms with van der Waals surface area (Å²) in [7, 11) is 0. The summed E-state index contributed by atoms with van der Waals surface area (Å²) in [6.45, 7) is 8.56. The maximum Gasteiger partial charge on any atom is 0.244 e. The number of hydrogen-bond acceptors (Lipinski definition) is 7. The van der Waals surface area contributed by atoms with Crippen molar-refractivity contribution in [1.29, 1.82) is 5.26 Å². The number of amides is 1. The van der Waals surface area contributed by atoms with Crippen molar-refractivity contribution in [1.82, 2.24) is 29.3 Å². The van der Waals surface area contributed by atoms with E-state index in [0.717, 1.165) is 49.1 Å². The van der Waals surface area contributed by atoms with Crippen molar-refractivity contribution in [3.63, 3.8) is 0 Å². The molecule has 1 atom stereocenters. The number of nitriles is 1. The molecule has 10 heteroatoms. The summed E-state index contributed by atoms with van der Waals surface area (Å²) in [4.78, 5) is 26.7. The van der Waals surface area contributed by atoms with E-state index < -0.39 is 0 Å². The summed E-state index contributed by atoms with van der Waals surface area (Å²) < 4.78 is 3.94. The Morgan fingerprint density at radius 3 is 2.84 bits per heavy atom. The molecular weight excluding hydrogens is 406 g/mol. The van der Waals surface area contributed by atoms with Crippen LogP contribution in [0.4, 0.5) is 5.95 Å². The van der Waals surface area contributed by atoms with Crippen LogP contribution in [0, 0.1) is 16.7 Å². The van der Waals surface area contributed by atoms with E-state index in [1.807, 2.05) is 12.1 Å². The van der Waals surface area contributed by atoms with Crippen molar-refractivity contribution in [2.24, 2.45) is 11.1 Å². The summed E-state index contributed by atoms with van der Waals surface area (Å²) in [5.74, 6) is 0.484. The Kier molecular flexibility index (Phi) is 5.82. The minimum Gasteiger partial charge on any atom is -0.370 e. The van der Waals surface area contributed by atoms with E-state index in [1.54, 1.807) is 17.2 Å². The van der Waals surface area contributed by atoms with Crippen LogP contribution >= 0.6 is 0 Å². The second-order valence-corrected chi connectivity index (χ2v) is 9.62. The highest BCUT2D eigenvalue weighted by molar-refractivity contribution is 5.77. The Labute approximate surface area is 187 Å². The van der Waals surface area contributed by atoms with Gasteiger partial charge in [-0.05, 0) is 30.7 Å². The van der Waals surface area contributed by atoms with E-state index in [2.05, 4.69) is 45.2 Å². The molecule has 1 unspecified atom stereocenters. The molecule has 4 rings (SSSR count). The smallest absolute Gasteiger partial charge is 0.244 e. The minimum absolute atomic E-state index is 0.0156. The van der Waals surface area contributed by atoms with Gasteiger partial charge >= 0.3 is 0 Å². The molecule has 1 saturated heterocycles. The second kappa shape index (κ2) is 8.57. The summed E-state index contributed by atoms with van der Waals surface area (Å²) in [6, 6.07) is 4.11. The predicted octanol–water partition coefficient (Wildman–Crippen LogP) is 2.22. The lowest BCUT2D eigenvalue weighted by molar-refractivity contribution is -0.118. The van der Waals surface area contributed by atoms with Crippen LogP contribution < -0.4 is 10.6 Å². The third kappa shape index (κ3) is 4.72. The van der Waals surface area contributed by atoms with Crippen LogP contribution in [0.1, 0.15) is 58.0 Å². The number of rotatable bonds is 6. The number of fused-ring (bicyclic) bond motifs is 1. The number of carbonyl (C=O) groups is 1. The third-order valence-electron chi connectivity index (χ3n) is 5.62. The van der Waals surface area contributed by atoms with Crippen molar-refractivity contribution in [3.8, 4) is 6.07 Å². The second-order valence-electron chi connectivity index (χ2n) is 9.62. The van der Waals surface area contributed by atoms with Gasteiger partial charge in [0.15, 0.2) is 0 Å². The number of nitrogens with zero attached hydrogens (tertiary/aromatic N) is 8. The molecular formula is C22H29N9O. The molecule has 1 amide bonds. The zero-order valence-corrected chi connectivity index (χ0v) is 18.8. The molecule has 1 fully saturated rings. The zero-order chi connectivity index (χ0) is 22.9. The Hall–Kier alpha value is -3.48. The molecule has 0 saturated carbocycles. The number of nitrogens with two attached hydrogens (primary N) is 1. The standard InChI is InChI=1S/C22H29N9O/c1-22(2,3)13-31-17(8-15-11-25-19(10-23)27-20(15)31)12-29-14-26-21(28-29)30-7-5-4-6-16(30)9-18(24)32/h8,11,14,16H,4-7,9,12-13H2,1-3H3,(H2,24,32). The molecule has 0 aromatic carbocycles. The number of hydrogen-bond donors (Lipinski definition) is 1. The fourth-order valence-electron chi connectivity index (χ4n) is 4.30. The van der Waals surface area contributed by atoms with E-state index in [-0.39, 0.29) is 23.2 Å². The van der Waals surface area contributed by atoms with Crippen LogP contribution in [-0.4, -0.2) is 47.8 Å². The lowest BCUT2D eigenvalue weighted by atomic mass is 9.97. The van der Waals surface area contributed by atoms with E-state index >= 15 is 0 Å². The van der Waals surface area contributed by atoms with Crippen LogP contribution in [0.15, 0.2) is 18.6 Å². The molecule has 3 aromatic heterocycles. The average molecular weight is 436 g/mol. The Morgan fingerprint density at radius 2 is 2.12 bits per heavy atom. The SMILES string of the molecule is CC(C)(C)Cn1c(Cn2cnc(N3CCCCC3CC(N)=O)n2)cc2cnc(C#N)nc21. The van der Waals surface area contributed by atoms with Gasteiger partial charge in [-0.2, -0.15) is 5.26 Å². The van der Waals surface area contributed by atoms with Gasteiger partial charge in [0.1, 0.15) is 18.0 Å². The van der Waals surface area contributed by atoms with Crippen LogP contribution in [0.2, 0.25) is 0 Å². The van der Waals surface area contributed by atoms with Gasteiger partial charge in [-0.1, -0.05) is 20.8 Å². The number of aromatic nitrogens is 6. The summed E-state index contributed by atoms with van der Waals surface area (Å²) >= 11 is 0. The van der Waals surface area contributed by atoms with Gasteiger partial charge in [0, 0.05) is 42.8 Å². The fourth-order valence-corrected chi connectivity index (χ4v) is 4.30. The van der Waals surface area contributed by atoms with Crippen molar-refractivity contribution in [3.05, 3.63) is 30.1 Å². The molecule has 0 spiro atoms. The molecule has 10 nitrogen and oxygen atoms in total. The number of anilines is 1. The lowest BCUT2D eigenvalue weighted by Gasteiger charge is -2.34. The molecule has 0 bridgehead atoms. The largest absolute Gasteiger partial charge is 0.370 e. The van der Waals surface area contributed by atoms with Gasteiger partial charge in [-0.3, -0.25) is 4.79 Å². The molecule has 0 radical (unpaired) electrons. The Bertz CT molecular complexity index is 1160. The first-order chi connectivity index (χ1) is 15.2. The monoisotopic (exact) mass is 435 g/mol. The van der Waals surface area contributed by atoms with Crippen molar-refractivity contribution in [2.75, 3.05) is 11.4 Å². The third-order valence-corrected chi connectivity index (χ3v) is 5.62. The van der Waals surface area contributed by atoms with Gasteiger partial charge in [-0.25, -0.2) is 19.6 Å². The molecule has 1 aliphatic heterocycles. The first-order valence-corrected chi connectivity index (χ1v) is 10.9. The van der Waals surface area contributed by atoms with Gasteiger partial charge in [0.05, 0.1) is 6.54 Å². The van der Waals surface area contributed by atoms with E-state index in [0.29, 0.717) is 18.9 Å². The van der Waals surface area contributed by atoms with E-state index in [1.165, 1.54) is 0 Å². The predicted molar refractivity (Wildman–Crippen MR) is 120 cm³/mol. The van der Waals surface area contributed by atoms with E-state index in [4.69, 9.17) is 10.8 Å². The lowest BCUT2D eigenvalue weighted by Crippen LogP contribution is -2.42. The summed E-state index contributed by atoms with van der Waals surface area (Å²) in [6.07, 6.45) is 6.76. The quantitative estimate of drug-likeness (QED) is 0.628. The fraction of sp³-hybridized carbons (Fsp3) is 0.545. The van der Waals surface area contributed by atoms with Gasteiger partial charge in [0.2, 0.25) is 17.7 Å². The summed E-state index contributed by atoms with van der Waals surface area (Å²) in [5, 5.41) is 14.8. The zero-order valence-electron chi connectivity index (χ0n) is 18.8. The molecule has 2 N–H and O–H groups in total. The molecule has 4 heterocycles. The van der Waals surface area contributed by atoms with Crippen LogP contribution in [0.25, 0.3) is 11.0 Å². The number of primary amides is 1. The van der Waals surface area contributed by atoms with Crippen molar-refractivity contribution in [2.45, 2.75) is 65.6 Å². The van der Waals surface area contributed by atoms with Crippen molar-refractivity contribution < 1.29 is 4.79 Å². The van der Waals surface area contributed by atoms with Gasteiger partial charge < -0.3 is 15.2 Å². The van der Waals surface area contributed by atoms with Gasteiger partial charge in [-0.15, -0.1) is 5.10 Å². The minimum atomic E-state index is -0.300. The first kappa shape index (κ1) is 21.7. The molecule has 3 aromatic rings. The molecule has 0 aliphatic carbocycles. The maximum atomic E-state index is 11.5.